The minimum absolute atomic E-state index is 0.00549. The number of hydrogen-bond donors (Lipinski definition) is 0. The van der Waals surface area contributed by atoms with Crippen molar-refractivity contribution in [1.29, 1.82) is 0 Å². The molecule has 0 spiro atoms. The van der Waals surface area contributed by atoms with Gasteiger partial charge in [-0.2, -0.15) is 0 Å². The number of rotatable bonds is 8. The molecule has 0 unspecified atom stereocenters. The van der Waals surface area contributed by atoms with Crippen LogP contribution in [0.25, 0.3) is 0 Å². The molecule has 4 nitrogen and oxygen atoms in total. The Morgan fingerprint density at radius 3 is 2.28 bits per heavy atom. The first kappa shape index (κ1) is 15.2. The van der Waals surface area contributed by atoms with Gasteiger partial charge in [-0.1, -0.05) is 26.7 Å². The molecule has 0 aromatic heterocycles. The Balaban J connectivity index is 2.42. The van der Waals surface area contributed by atoms with Gasteiger partial charge in [0.15, 0.2) is 0 Å². The lowest BCUT2D eigenvalue weighted by Crippen LogP contribution is -2.41. The zero-order chi connectivity index (χ0) is 13.4. The molecule has 0 bridgehead atoms. The molecule has 0 radical (unpaired) electrons. The lowest BCUT2D eigenvalue weighted by molar-refractivity contribution is -0.142. The van der Waals surface area contributed by atoms with E-state index < -0.39 is 0 Å². The van der Waals surface area contributed by atoms with Crippen LogP contribution in [0.3, 0.4) is 0 Å². The van der Waals surface area contributed by atoms with E-state index in [9.17, 15) is 9.59 Å². The van der Waals surface area contributed by atoms with Gasteiger partial charge in [0.1, 0.15) is 0 Å². The Hall–Kier alpha value is -0.900. The van der Waals surface area contributed by atoms with Crippen molar-refractivity contribution >= 4 is 11.8 Å². The van der Waals surface area contributed by atoms with E-state index in [1.807, 2.05) is 0 Å². The molecular weight excluding hydrogens is 228 g/mol. The van der Waals surface area contributed by atoms with Crippen LogP contribution >= 0.6 is 0 Å². The summed E-state index contributed by atoms with van der Waals surface area (Å²) in [6.45, 7) is 7.26. The summed E-state index contributed by atoms with van der Waals surface area (Å²) in [4.78, 5) is 27.2. The minimum Gasteiger partial charge on any atom is -0.294 e. The number of unbranched alkanes of at least 4 members (excludes halogenated alkanes) is 2. The molecule has 1 fully saturated rings. The molecule has 104 valence electrons. The molecule has 0 aromatic carbocycles. The number of imide groups is 1. The molecule has 1 aliphatic rings. The highest BCUT2D eigenvalue weighted by Crippen LogP contribution is 2.10. The molecule has 1 rings (SSSR count). The Morgan fingerprint density at radius 1 is 1.22 bits per heavy atom. The summed E-state index contributed by atoms with van der Waals surface area (Å²) in [6, 6.07) is 0. The van der Waals surface area contributed by atoms with E-state index in [1.54, 1.807) is 0 Å². The predicted molar refractivity (Wildman–Crippen MR) is 72.2 cm³/mol. The molecule has 1 saturated heterocycles. The van der Waals surface area contributed by atoms with Gasteiger partial charge in [-0.05, 0) is 32.4 Å². The van der Waals surface area contributed by atoms with E-state index in [0.29, 0.717) is 19.5 Å². The monoisotopic (exact) mass is 254 g/mol. The van der Waals surface area contributed by atoms with Crippen molar-refractivity contribution in [2.45, 2.75) is 52.4 Å². The van der Waals surface area contributed by atoms with Crippen molar-refractivity contribution < 1.29 is 9.59 Å². The maximum Gasteiger partial charge on any atom is 0.243 e. The van der Waals surface area contributed by atoms with E-state index in [4.69, 9.17) is 0 Å². The lowest BCUT2D eigenvalue weighted by atomic mass is 10.2. The van der Waals surface area contributed by atoms with Gasteiger partial charge in [-0.25, -0.2) is 0 Å². The van der Waals surface area contributed by atoms with Crippen LogP contribution in [0.4, 0.5) is 0 Å². The second kappa shape index (κ2) is 8.25. The number of amides is 2. The zero-order valence-electron chi connectivity index (χ0n) is 11.8. The summed E-state index contributed by atoms with van der Waals surface area (Å²) in [5.74, 6) is -0.00404. The number of likely N-dealkylation sites (tertiary alicyclic amines) is 1. The first-order chi connectivity index (χ1) is 8.69. The van der Waals surface area contributed by atoms with E-state index in [-0.39, 0.29) is 11.8 Å². The zero-order valence-corrected chi connectivity index (χ0v) is 11.8. The third kappa shape index (κ3) is 4.77. The number of carbonyl (C=O) groups is 2. The molecule has 0 saturated carbocycles. The fraction of sp³-hybridized carbons (Fsp3) is 0.857. The smallest absolute Gasteiger partial charge is 0.243 e. The first-order valence-electron chi connectivity index (χ1n) is 7.24. The molecule has 0 aromatic rings. The van der Waals surface area contributed by atoms with Crippen LogP contribution in [0.5, 0.6) is 0 Å². The fourth-order valence-corrected chi connectivity index (χ4v) is 2.22. The summed E-state index contributed by atoms with van der Waals surface area (Å²) in [5, 5.41) is 0. The van der Waals surface area contributed by atoms with Gasteiger partial charge in [0.25, 0.3) is 0 Å². The summed E-state index contributed by atoms with van der Waals surface area (Å²) >= 11 is 0. The summed E-state index contributed by atoms with van der Waals surface area (Å²) in [7, 11) is 0. The molecule has 1 aliphatic heterocycles. The Labute approximate surface area is 110 Å². The molecule has 18 heavy (non-hydrogen) atoms. The minimum atomic E-state index is -0.00953. The second-order valence-corrected chi connectivity index (χ2v) is 5.03. The highest BCUT2D eigenvalue weighted by atomic mass is 16.2. The topological polar surface area (TPSA) is 40.6 Å². The van der Waals surface area contributed by atoms with Crippen molar-refractivity contribution in [3.05, 3.63) is 0 Å². The summed E-state index contributed by atoms with van der Waals surface area (Å²) in [5.41, 5.74) is 0. The Kier molecular flexibility index (Phi) is 6.94. The van der Waals surface area contributed by atoms with Gasteiger partial charge >= 0.3 is 0 Å². The van der Waals surface area contributed by atoms with Gasteiger partial charge in [0, 0.05) is 13.0 Å². The summed E-state index contributed by atoms with van der Waals surface area (Å²) in [6.07, 6.45) is 5.87. The van der Waals surface area contributed by atoms with Gasteiger partial charge in [0.2, 0.25) is 11.8 Å². The standard InChI is InChI=1S/C14H26N2O2/c1-3-5-9-15(10-6-4-2)12-14(18)16-11-7-8-13(16)17/h3-12H2,1-2H3. The van der Waals surface area contributed by atoms with Gasteiger partial charge in [-0.15, -0.1) is 0 Å². The van der Waals surface area contributed by atoms with Gasteiger partial charge < -0.3 is 0 Å². The first-order valence-corrected chi connectivity index (χ1v) is 7.24. The third-order valence-electron chi connectivity index (χ3n) is 3.39. The van der Waals surface area contributed by atoms with Crippen LogP contribution in [0.1, 0.15) is 52.4 Å². The largest absolute Gasteiger partial charge is 0.294 e. The molecule has 2 amide bonds. The Bertz CT molecular complexity index is 271. The highest BCUT2D eigenvalue weighted by Gasteiger charge is 2.27. The molecule has 4 heteroatoms. The van der Waals surface area contributed by atoms with Crippen LogP contribution in [0.2, 0.25) is 0 Å². The summed E-state index contributed by atoms with van der Waals surface area (Å²) < 4.78 is 0. The van der Waals surface area contributed by atoms with Crippen molar-refractivity contribution in [1.82, 2.24) is 9.80 Å². The van der Waals surface area contributed by atoms with Crippen LogP contribution in [-0.4, -0.2) is 47.8 Å². The van der Waals surface area contributed by atoms with Crippen molar-refractivity contribution in [2.24, 2.45) is 0 Å². The van der Waals surface area contributed by atoms with Crippen LogP contribution in [-0.2, 0) is 9.59 Å². The maximum atomic E-state index is 12.1. The van der Waals surface area contributed by atoms with Crippen LogP contribution in [0.15, 0.2) is 0 Å². The van der Waals surface area contributed by atoms with Crippen LogP contribution in [0, 0.1) is 0 Å². The van der Waals surface area contributed by atoms with E-state index in [1.165, 1.54) is 4.90 Å². The number of nitrogens with zero attached hydrogens (tertiary/aromatic N) is 2. The lowest BCUT2D eigenvalue weighted by Gasteiger charge is -2.23. The fourth-order valence-electron chi connectivity index (χ4n) is 2.22. The normalized spacial score (nSPS) is 15.7. The molecule has 0 atom stereocenters. The van der Waals surface area contributed by atoms with Crippen molar-refractivity contribution in [3.8, 4) is 0 Å². The highest BCUT2D eigenvalue weighted by molar-refractivity contribution is 5.97. The average molecular weight is 254 g/mol. The maximum absolute atomic E-state index is 12.1. The SMILES string of the molecule is CCCCN(CCCC)CC(=O)N1CCCC1=O. The predicted octanol–water partition coefficient (Wildman–Crippen LogP) is 2.04. The van der Waals surface area contributed by atoms with Crippen molar-refractivity contribution in [2.75, 3.05) is 26.2 Å². The van der Waals surface area contributed by atoms with E-state index in [0.717, 1.165) is 45.2 Å². The average Bonchev–Trinajstić information content (AvgIpc) is 2.78. The molecule has 0 N–H and O–H groups in total. The van der Waals surface area contributed by atoms with Gasteiger partial charge in [0.05, 0.1) is 6.54 Å². The molecular formula is C14H26N2O2. The Morgan fingerprint density at radius 2 is 1.83 bits per heavy atom. The number of carbonyl (C=O) groups excluding carboxylic acids is 2. The van der Waals surface area contributed by atoms with Gasteiger partial charge in [-0.3, -0.25) is 19.4 Å². The van der Waals surface area contributed by atoms with E-state index >= 15 is 0 Å². The van der Waals surface area contributed by atoms with Crippen molar-refractivity contribution in [3.63, 3.8) is 0 Å². The quantitative estimate of drug-likeness (QED) is 0.665. The number of hydrogen-bond acceptors (Lipinski definition) is 3. The molecule has 0 aliphatic carbocycles. The third-order valence-corrected chi connectivity index (χ3v) is 3.39. The second-order valence-electron chi connectivity index (χ2n) is 5.03. The van der Waals surface area contributed by atoms with E-state index in [2.05, 4.69) is 18.7 Å². The van der Waals surface area contributed by atoms with Crippen LogP contribution < -0.4 is 0 Å². The molecule has 1 heterocycles.